The Morgan fingerprint density at radius 2 is 1.62 bits per heavy atom. The van der Waals surface area contributed by atoms with E-state index in [4.69, 9.17) is 23.2 Å². The first-order chi connectivity index (χ1) is 15.2. The van der Waals surface area contributed by atoms with Crippen molar-refractivity contribution >= 4 is 49.9 Å². The lowest BCUT2D eigenvalue weighted by Crippen LogP contribution is -3.00. The molecule has 174 valence electrons. The van der Waals surface area contributed by atoms with Crippen molar-refractivity contribution in [3.63, 3.8) is 0 Å². The normalized spacial score (nSPS) is 13.3. The third-order valence-corrected chi connectivity index (χ3v) is 8.24. The van der Waals surface area contributed by atoms with Crippen LogP contribution >= 0.6 is 34.5 Å². The first-order valence-electron chi connectivity index (χ1n) is 11.8. The number of unbranched alkanes of at least 4 members (excludes halogenated alkanes) is 6. The van der Waals surface area contributed by atoms with Gasteiger partial charge in [-0.15, -0.1) is 0 Å². The van der Waals surface area contributed by atoms with E-state index >= 15 is 0 Å². The van der Waals surface area contributed by atoms with Crippen LogP contribution < -0.4 is 21.9 Å². The Morgan fingerprint density at radius 3 is 2.38 bits per heavy atom. The third kappa shape index (κ3) is 5.91. The van der Waals surface area contributed by atoms with E-state index in [1.54, 1.807) is 0 Å². The van der Waals surface area contributed by atoms with E-state index in [0.717, 1.165) is 41.7 Å². The van der Waals surface area contributed by atoms with Crippen molar-refractivity contribution in [2.24, 2.45) is 0 Å². The predicted molar refractivity (Wildman–Crippen MR) is 136 cm³/mol. The van der Waals surface area contributed by atoms with Gasteiger partial charge in [0.25, 0.3) is 0 Å². The summed E-state index contributed by atoms with van der Waals surface area (Å²) in [6.45, 7) is 5.18. The number of rotatable bonds is 10. The summed E-state index contributed by atoms with van der Waals surface area (Å²) in [5.41, 5.74) is 3.98. The van der Waals surface area contributed by atoms with E-state index in [1.807, 2.05) is 29.5 Å². The Morgan fingerprint density at radius 1 is 0.938 bits per heavy atom. The molecule has 0 radical (unpaired) electrons. The van der Waals surface area contributed by atoms with Gasteiger partial charge < -0.3 is 12.4 Å². The Bertz CT molecular complexity index is 997. The molecule has 2 aromatic carbocycles. The SMILES string of the molecule is CCCCCCCCCc1cccc2sc3[n+](c12)CCCN3Cc1c(Cl)cccc1Cl.[Cl-]. The number of thiazole rings is 1. The number of benzene rings is 2. The topological polar surface area (TPSA) is 7.12 Å². The van der Waals surface area contributed by atoms with E-state index in [2.05, 4.69) is 34.6 Å². The van der Waals surface area contributed by atoms with Gasteiger partial charge in [0.1, 0.15) is 12.1 Å². The fourth-order valence-electron chi connectivity index (χ4n) is 4.66. The lowest BCUT2D eigenvalue weighted by Gasteiger charge is -2.22. The van der Waals surface area contributed by atoms with Crippen molar-refractivity contribution in [1.82, 2.24) is 0 Å². The van der Waals surface area contributed by atoms with Crippen molar-refractivity contribution in [1.29, 1.82) is 0 Å². The molecule has 2 heterocycles. The van der Waals surface area contributed by atoms with Crippen LogP contribution in [-0.4, -0.2) is 6.54 Å². The zero-order valence-corrected chi connectivity index (χ0v) is 22.0. The number of nitrogens with zero attached hydrogens (tertiary/aromatic N) is 2. The number of aryl methyl sites for hydroxylation is 2. The Hall–Kier alpha value is -1.000. The summed E-state index contributed by atoms with van der Waals surface area (Å²) in [7, 11) is 0. The smallest absolute Gasteiger partial charge is 0.337 e. The monoisotopic (exact) mass is 510 g/mol. The van der Waals surface area contributed by atoms with Gasteiger partial charge in [-0.1, -0.05) is 86.8 Å². The van der Waals surface area contributed by atoms with E-state index < -0.39 is 0 Å². The van der Waals surface area contributed by atoms with Gasteiger partial charge in [0.2, 0.25) is 0 Å². The number of para-hydroxylation sites is 1. The molecular weight excluding hydrogens is 479 g/mol. The molecule has 0 aliphatic carbocycles. The van der Waals surface area contributed by atoms with Crippen LogP contribution in [0.3, 0.4) is 0 Å². The summed E-state index contributed by atoms with van der Waals surface area (Å²) < 4.78 is 3.94. The van der Waals surface area contributed by atoms with Crippen molar-refractivity contribution < 1.29 is 17.0 Å². The van der Waals surface area contributed by atoms with Crippen molar-refractivity contribution in [3.05, 3.63) is 57.6 Å². The molecule has 0 atom stereocenters. The fraction of sp³-hybridized carbons (Fsp3) is 0.500. The first kappa shape index (κ1) is 25.6. The second kappa shape index (κ2) is 12.5. The molecule has 0 amide bonds. The molecule has 32 heavy (non-hydrogen) atoms. The Balaban J connectivity index is 0.00000289. The summed E-state index contributed by atoms with van der Waals surface area (Å²) in [5.74, 6) is 0. The van der Waals surface area contributed by atoms with Gasteiger partial charge in [-0.2, -0.15) is 0 Å². The molecular formula is C26H33Cl3N2S. The minimum atomic E-state index is 0. The lowest BCUT2D eigenvalue weighted by atomic mass is 10.0. The molecule has 3 aromatic rings. The van der Waals surface area contributed by atoms with E-state index in [1.165, 1.54) is 72.3 Å². The quantitative estimate of drug-likeness (QED) is 0.268. The van der Waals surface area contributed by atoms with Crippen molar-refractivity contribution in [2.45, 2.75) is 77.8 Å². The van der Waals surface area contributed by atoms with Crippen LogP contribution in [0.5, 0.6) is 0 Å². The van der Waals surface area contributed by atoms with Crippen LogP contribution in [0.1, 0.15) is 69.4 Å². The first-order valence-corrected chi connectivity index (χ1v) is 13.4. The molecule has 0 saturated carbocycles. The highest BCUT2D eigenvalue weighted by Crippen LogP contribution is 2.34. The van der Waals surface area contributed by atoms with Crippen LogP contribution in [0.4, 0.5) is 5.13 Å². The van der Waals surface area contributed by atoms with Crippen LogP contribution in [0.2, 0.25) is 10.0 Å². The van der Waals surface area contributed by atoms with Gasteiger partial charge in [0.05, 0.1) is 17.8 Å². The van der Waals surface area contributed by atoms with Crippen LogP contribution in [0, 0.1) is 0 Å². The fourth-order valence-corrected chi connectivity index (χ4v) is 6.43. The predicted octanol–water partition coefficient (Wildman–Crippen LogP) is 5.20. The number of hydrogen-bond donors (Lipinski definition) is 0. The van der Waals surface area contributed by atoms with Gasteiger partial charge in [-0.05, 0) is 42.4 Å². The summed E-state index contributed by atoms with van der Waals surface area (Å²) in [5, 5.41) is 2.85. The molecule has 0 unspecified atom stereocenters. The second-order valence-electron chi connectivity index (χ2n) is 8.65. The molecule has 0 spiro atoms. The minimum Gasteiger partial charge on any atom is -1.00 e. The van der Waals surface area contributed by atoms with E-state index in [0.29, 0.717) is 0 Å². The average molecular weight is 512 g/mol. The summed E-state index contributed by atoms with van der Waals surface area (Å²) in [6, 6.07) is 12.6. The zero-order valence-electron chi connectivity index (χ0n) is 18.9. The highest BCUT2D eigenvalue weighted by atomic mass is 35.5. The van der Waals surface area contributed by atoms with Crippen molar-refractivity contribution in [3.8, 4) is 0 Å². The van der Waals surface area contributed by atoms with Gasteiger partial charge in [0.15, 0.2) is 0 Å². The third-order valence-electron chi connectivity index (χ3n) is 6.33. The van der Waals surface area contributed by atoms with E-state index in [-0.39, 0.29) is 12.4 Å². The van der Waals surface area contributed by atoms with Crippen LogP contribution in [-0.2, 0) is 19.5 Å². The molecule has 1 aromatic heterocycles. The number of hydrogen-bond acceptors (Lipinski definition) is 2. The maximum absolute atomic E-state index is 6.48. The molecule has 1 aliphatic rings. The second-order valence-corrected chi connectivity index (χ2v) is 10.5. The Labute approximate surface area is 212 Å². The van der Waals surface area contributed by atoms with Gasteiger partial charge in [-0.3, -0.25) is 0 Å². The number of anilines is 1. The molecule has 0 fully saturated rings. The zero-order chi connectivity index (χ0) is 21.6. The van der Waals surface area contributed by atoms with Gasteiger partial charge in [0, 0.05) is 27.6 Å². The minimum absolute atomic E-state index is 0. The molecule has 0 saturated heterocycles. The number of aromatic nitrogens is 1. The van der Waals surface area contributed by atoms with Gasteiger partial charge >= 0.3 is 5.13 Å². The molecule has 2 nitrogen and oxygen atoms in total. The van der Waals surface area contributed by atoms with Crippen molar-refractivity contribution in [2.75, 3.05) is 11.4 Å². The Kier molecular flexibility index (Phi) is 9.98. The summed E-state index contributed by atoms with van der Waals surface area (Å²) in [6.07, 6.45) is 11.8. The van der Waals surface area contributed by atoms with E-state index in [9.17, 15) is 0 Å². The lowest BCUT2D eigenvalue weighted by molar-refractivity contribution is -0.659. The largest absolute Gasteiger partial charge is 1.00 e. The molecule has 1 aliphatic heterocycles. The summed E-state index contributed by atoms with van der Waals surface area (Å²) >= 11 is 14.9. The molecule has 0 bridgehead atoms. The number of fused-ring (bicyclic) bond motifs is 3. The molecule has 4 rings (SSSR count). The maximum atomic E-state index is 6.48. The highest BCUT2D eigenvalue weighted by Gasteiger charge is 2.31. The summed E-state index contributed by atoms with van der Waals surface area (Å²) in [4.78, 5) is 2.46. The standard InChI is InChI=1S/C26H33Cl2N2S.ClH/c1-2-3-4-5-6-7-8-12-20-13-9-16-24-25(20)30-18-11-17-29(26(30)31-24)19-21-22(27)14-10-15-23(21)28;/h9-10,13-16H,2-8,11-12,17-19H2,1H3;1H/q+1;/p-1. The molecule has 6 heteroatoms. The van der Waals surface area contributed by atoms with Crippen LogP contribution in [0.15, 0.2) is 36.4 Å². The van der Waals surface area contributed by atoms with Crippen LogP contribution in [0.25, 0.3) is 10.2 Å². The maximum Gasteiger partial charge on any atom is 0.337 e. The highest BCUT2D eigenvalue weighted by molar-refractivity contribution is 7.21. The average Bonchev–Trinajstić information content (AvgIpc) is 3.16. The van der Waals surface area contributed by atoms with Gasteiger partial charge in [-0.25, -0.2) is 9.47 Å². The number of halogens is 3. The molecule has 0 N–H and O–H groups in total.